The Hall–Kier alpha value is -1.46. The molecule has 23 heavy (non-hydrogen) atoms. The molecule has 0 unspecified atom stereocenters. The maximum Gasteiger partial charge on any atom is 0.226 e. The van der Waals surface area contributed by atoms with Gasteiger partial charge in [0.2, 0.25) is 5.91 Å². The van der Waals surface area contributed by atoms with Gasteiger partial charge in [-0.3, -0.25) is 9.69 Å². The number of rotatable bonds is 4. The molecule has 2 aliphatic heterocycles. The molecule has 0 spiro atoms. The summed E-state index contributed by atoms with van der Waals surface area (Å²) in [6.45, 7) is 2.41. The Morgan fingerprint density at radius 2 is 2.04 bits per heavy atom. The van der Waals surface area contributed by atoms with Crippen molar-refractivity contribution in [1.29, 1.82) is 0 Å². The Labute approximate surface area is 136 Å². The van der Waals surface area contributed by atoms with Gasteiger partial charge in [0.05, 0.1) is 18.1 Å². The van der Waals surface area contributed by atoms with Crippen LogP contribution in [-0.4, -0.2) is 42.1 Å². The Morgan fingerprint density at radius 3 is 2.74 bits per heavy atom. The topological polar surface area (TPSA) is 41.6 Å². The SMILES string of the molecule is O=C(NC1CCC1)[C@@H]1C[C@H]2CN(Cc3ccc(F)cc3)C[C@@H]1O2. The molecule has 1 aromatic rings. The highest BCUT2D eigenvalue weighted by Crippen LogP contribution is 2.33. The fraction of sp³-hybridized carbons (Fsp3) is 0.611. The van der Waals surface area contributed by atoms with Crippen LogP contribution in [0.3, 0.4) is 0 Å². The van der Waals surface area contributed by atoms with Crippen LogP contribution in [0, 0.1) is 11.7 Å². The minimum absolute atomic E-state index is 0.00530. The molecular formula is C18H23FN2O2. The molecular weight excluding hydrogens is 295 g/mol. The Balaban J connectivity index is 1.35. The van der Waals surface area contributed by atoms with Crippen LogP contribution in [0.15, 0.2) is 24.3 Å². The van der Waals surface area contributed by atoms with Crippen molar-refractivity contribution in [2.45, 2.75) is 50.5 Å². The lowest BCUT2D eigenvalue weighted by atomic mass is 9.91. The third-order valence-electron chi connectivity index (χ3n) is 5.34. The maximum atomic E-state index is 13.0. The molecule has 2 saturated heterocycles. The molecule has 3 fully saturated rings. The summed E-state index contributed by atoms with van der Waals surface area (Å²) in [5.41, 5.74) is 1.10. The molecule has 4 nitrogen and oxygen atoms in total. The lowest BCUT2D eigenvalue weighted by molar-refractivity contribution is -0.129. The molecule has 1 N–H and O–H groups in total. The smallest absolute Gasteiger partial charge is 0.226 e. The highest BCUT2D eigenvalue weighted by molar-refractivity contribution is 5.80. The van der Waals surface area contributed by atoms with Crippen LogP contribution >= 0.6 is 0 Å². The van der Waals surface area contributed by atoms with E-state index in [0.717, 1.165) is 44.5 Å². The Bertz CT molecular complexity index is 573. The van der Waals surface area contributed by atoms with Gasteiger partial charge in [0, 0.05) is 25.7 Å². The van der Waals surface area contributed by atoms with E-state index >= 15 is 0 Å². The lowest BCUT2D eigenvalue weighted by Gasteiger charge is -2.33. The summed E-state index contributed by atoms with van der Waals surface area (Å²) >= 11 is 0. The van der Waals surface area contributed by atoms with Gasteiger partial charge in [-0.15, -0.1) is 0 Å². The van der Waals surface area contributed by atoms with Crippen molar-refractivity contribution in [2.75, 3.05) is 13.1 Å². The predicted octanol–water partition coefficient (Wildman–Crippen LogP) is 2.08. The van der Waals surface area contributed by atoms with Crippen molar-refractivity contribution >= 4 is 5.91 Å². The van der Waals surface area contributed by atoms with E-state index in [1.807, 2.05) is 12.1 Å². The third kappa shape index (κ3) is 3.26. The van der Waals surface area contributed by atoms with E-state index in [0.29, 0.717) is 6.04 Å². The van der Waals surface area contributed by atoms with Crippen molar-refractivity contribution in [3.8, 4) is 0 Å². The summed E-state index contributed by atoms with van der Waals surface area (Å²) in [6, 6.07) is 7.04. The highest BCUT2D eigenvalue weighted by Gasteiger charge is 2.45. The first-order valence-corrected chi connectivity index (χ1v) is 8.60. The average Bonchev–Trinajstić information content (AvgIpc) is 2.80. The lowest BCUT2D eigenvalue weighted by Crippen LogP contribution is -2.47. The number of hydrogen-bond acceptors (Lipinski definition) is 3. The minimum Gasteiger partial charge on any atom is -0.371 e. The number of hydrogen-bond donors (Lipinski definition) is 1. The summed E-state index contributed by atoms with van der Waals surface area (Å²) in [5, 5.41) is 3.16. The second-order valence-electron chi connectivity index (χ2n) is 7.10. The molecule has 0 aromatic heterocycles. The van der Waals surface area contributed by atoms with E-state index in [-0.39, 0.29) is 29.9 Å². The zero-order valence-corrected chi connectivity index (χ0v) is 13.2. The molecule has 1 saturated carbocycles. The molecule has 1 aromatic carbocycles. The number of carbonyl (C=O) groups is 1. The van der Waals surface area contributed by atoms with Crippen molar-refractivity contribution in [3.05, 3.63) is 35.6 Å². The molecule has 2 bridgehead atoms. The van der Waals surface area contributed by atoms with Crippen LogP contribution < -0.4 is 5.32 Å². The first-order chi connectivity index (χ1) is 11.2. The first-order valence-electron chi connectivity index (χ1n) is 8.60. The van der Waals surface area contributed by atoms with Crippen molar-refractivity contribution in [2.24, 2.45) is 5.92 Å². The van der Waals surface area contributed by atoms with E-state index < -0.39 is 0 Å². The number of ether oxygens (including phenoxy) is 1. The number of halogens is 1. The van der Waals surface area contributed by atoms with Crippen molar-refractivity contribution in [1.82, 2.24) is 10.2 Å². The summed E-state index contributed by atoms with van der Waals surface area (Å²) in [5.74, 6) is -0.0480. The highest BCUT2D eigenvalue weighted by atomic mass is 19.1. The van der Waals surface area contributed by atoms with Gasteiger partial charge >= 0.3 is 0 Å². The van der Waals surface area contributed by atoms with Crippen LogP contribution in [0.4, 0.5) is 4.39 Å². The van der Waals surface area contributed by atoms with Gasteiger partial charge in [0.15, 0.2) is 0 Å². The number of carbonyl (C=O) groups excluding carboxylic acids is 1. The second-order valence-corrected chi connectivity index (χ2v) is 7.10. The first kappa shape index (κ1) is 15.1. The molecule has 2 heterocycles. The monoisotopic (exact) mass is 318 g/mol. The summed E-state index contributed by atoms with van der Waals surface area (Å²) in [4.78, 5) is 14.8. The normalized spacial score (nSPS) is 30.9. The second kappa shape index (κ2) is 6.21. The summed E-state index contributed by atoms with van der Waals surface area (Å²) in [6.07, 6.45) is 4.42. The number of likely N-dealkylation sites (tertiary alicyclic amines) is 1. The largest absolute Gasteiger partial charge is 0.371 e. The molecule has 0 radical (unpaired) electrons. The quantitative estimate of drug-likeness (QED) is 0.924. The van der Waals surface area contributed by atoms with E-state index in [9.17, 15) is 9.18 Å². The van der Waals surface area contributed by atoms with Crippen LogP contribution in [0.5, 0.6) is 0 Å². The number of nitrogens with one attached hydrogen (secondary N) is 1. The zero-order chi connectivity index (χ0) is 15.8. The molecule has 4 rings (SSSR count). The van der Waals surface area contributed by atoms with Gasteiger partial charge in [-0.2, -0.15) is 0 Å². The number of fused-ring (bicyclic) bond motifs is 2. The fourth-order valence-corrected chi connectivity index (χ4v) is 3.85. The molecule has 5 heteroatoms. The summed E-state index contributed by atoms with van der Waals surface area (Å²) in [7, 11) is 0. The standard InChI is InChI=1S/C18H23FN2O2/c19-13-6-4-12(5-7-13)9-21-10-15-8-16(17(11-21)23-15)18(22)20-14-2-1-3-14/h4-7,14-17H,1-3,8-11H2,(H,20,22)/t15-,16+,17-/m0/s1. The Kier molecular flexibility index (Phi) is 4.07. The van der Waals surface area contributed by atoms with Gasteiger partial charge in [-0.05, 0) is 43.4 Å². The number of nitrogens with zero attached hydrogens (tertiary/aromatic N) is 1. The predicted molar refractivity (Wildman–Crippen MR) is 84.2 cm³/mol. The van der Waals surface area contributed by atoms with Crippen LogP contribution in [0.25, 0.3) is 0 Å². The van der Waals surface area contributed by atoms with E-state index in [4.69, 9.17) is 4.74 Å². The average molecular weight is 318 g/mol. The number of amides is 1. The van der Waals surface area contributed by atoms with E-state index in [1.165, 1.54) is 18.6 Å². The van der Waals surface area contributed by atoms with Gasteiger partial charge < -0.3 is 10.1 Å². The van der Waals surface area contributed by atoms with E-state index in [2.05, 4.69) is 10.2 Å². The molecule has 1 amide bonds. The van der Waals surface area contributed by atoms with Gasteiger partial charge in [-0.25, -0.2) is 4.39 Å². The minimum atomic E-state index is -0.205. The fourth-order valence-electron chi connectivity index (χ4n) is 3.85. The van der Waals surface area contributed by atoms with Crippen molar-refractivity contribution in [3.63, 3.8) is 0 Å². The van der Waals surface area contributed by atoms with Gasteiger partial charge in [0.25, 0.3) is 0 Å². The van der Waals surface area contributed by atoms with Gasteiger partial charge in [0.1, 0.15) is 5.82 Å². The maximum absolute atomic E-state index is 13.0. The molecule has 1 aliphatic carbocycles. The molecule has 3 aliphatic rings. The van der Waals surface area contributed by atoms with Crippen LogP contribution in [-0.2, 0) is 16.1 Å². The zero-order valence-electron chi connectivity index (χ0n) is 13.2. The number of benzene rings is 1. The molecule has 3 atom stereocenters. The van der Waals surface area contributed by atoms with Crippen LogP contribution in [0.1, 0.15) is 31.2 Å². The number of morpholine rings is 1. The Morgan fingerprint density at radius 1 is 1.26 bits per heavy atom. The molecule has 124 valence electrons. The van der Waals surface area contributed by atoms with E-state index in [1.54, 1.807) is 0 Å². The van der Waals surface area contributed by atoms with Crippen LogP contribution in [0.2, 0.25) is 0 Å². The van der Waals surface area contributed by atoms with Crippen molar-refractivity contribution < 1.29 is 13.9 Å². The third-order valence-corrected chi connectivity index (χ3v) is 5.34. The summed E-state index contributed by atoms with van der Waals surface area (Å²) < 4.78 is 19.0. The van der Waals surface area contributed by atoms with Gasteiger partial charge in [-0.1, -0.05) is 12.1 Å².